The molecule has 0 aromatic rings. The Balaban J connectivity index is 0.000000561. The van der Waals surface area contributed by atoms with Crippen molar-refractivity contribution in [3.8, 4) is 0 Å². The normalized spacial score (nSPS) is 24.9. The van der Waals surface area contributed by atoms with Gasteiger partial charge in [0.2, 0.25) is 5.91 Å². The monoisotopic (exact) mass is 172 g/mol. The third-order valence-corrected chi connectivity index (χ3v) is 2.10. The molecule has 3 heteroatoms. The maximum atomic E-state index is 11.0. The van der Waals surface area contributed by atoms with Crippen LogP contribution < -0.4 is 0 Å². The van der Waals surface area contributed by atoms with E-state index in [1.807, 2.05) is 27.9 Å². The molecule has 0 N–H and O–H groups in total. The lowest BCUT2D eigenvalue weighted by Gasteiger charge is -2.34. The van der Waals surface area contributed by atoms with Crippen LogP contribution in [-0.4, -0.2) is 48.9 Å². The minimum absolute atomic E-state index is 0.223. The summed E-state index contributed by atoms with van der Waals surface area (Å²) in [5.74, 6) is 0.223. The molecule has 1 amide bonds. The van der Waals surface area contributed by atoms with Crippen LogP contribution in [0.25, 0.3) is 0 Å². The SMILES string of the molecule is CC.C[C@@H]1CN(C)C(=O)CN1C. The number of piperazine rings is 1. The van der Waals surface area contributed by atoms with Gasteiger partial charge >= 0.3 is 0 Å². The molecule has 0 unspecified atom stereocenters. The van der Waals surface area contributed by atoms with E-state index in [4.69, 9.17) is 0 Å². The van der Waals surface area contributed by atoms with Crippen LogP contribution in [0.3, 0.4) is 0 Å². The second kappa shape index (κ2) is 5.14. The van der Waals surface area contributed by atoms with Crippen LogP contribution in [-0.2, 0) is 4.79 Å². The summed E-state index contributed by atoms with van der Waals surface area (Å²) in [6.45, 7) is 7.55. The molecule has 0 saturated carbocycles. The zero-order valence-corrected chi connectivity index (χ0v) is 8.79. The number of rotatable bonds is 0. The van der Waals surface area contributed by atoms with Gasteiger partial charge in [-0.1, -0.05) is 13.8 Å². The van der Waals surface area contributed by atoms with E-state index >= 15 is 0 Å². The first-order valence-electron chi connectivity index (χ1n) is 4.55. The number of carbonyl (C=O) groups excluding carboxylic acids is 1. The molecule has 12 heavy (non-hydrogen) atoms. The Bertz CT molecular complexity index is 147. The standard InChI is InChI=1S/C7H14N2O.C2H6/c1-6-4-9(3)7(10)5-8(6)2;1-2/h6H,4-5H2,1-3H3;1-2H3/t6-;/m1./s1. The van der Waals surface area contributed by atoms with Crippen molar-refractivity contribution in [1.29, 1.82) is 0 Å². The Morgan fingerprint density at radius 3 is 2.25 bits per heavy atom. The average molecular weight is 172 g/mol. The molecule has 1 fully saturated rings. The van der Waals surface area contributed by atoms with E-state index in [-0.39, 0.29) is 5.91 Å². The van der Waals surface area contributed by atoms with Gasteiger partial charge in [-0.2, -0.15) is 0 Å². The van der Waals surface area contributed by atoms with Crippen molar-refractivity contribution in [2.45, 2.75) is 26.8 Å². The van der Waals surface area contributed by atoms with E-state index in [0.29, 0.717) is 12.6 Å². The fourth-order valence-corrected chi connectivity index (χ4v) is 1.13. The van der Waals surface area contributed by atoms with E-state index < -0.39 is 0 Å². The Labute approximate surface area is 75.3 Å². The van der Waals surface area contributed by atoms with Crippen molar-refractivity contribution in [2.24, 2.45) is 0 Å². The molecule has 0 radical (unpaired) electrons. The van der Waals surface area contributed by atoms with E-state index in [9.17, 15) is 4.79 Å². The van der Waals surface area contributed by atoms with E-state index in [2.05, 4.69) is 11.8 Å². The second-order valence-corrected chi connectivity index (χ2v) is 3.04. The molecule has 1 heterocycles. The molecule has 1 aliphatic heterocycles. The van der Waals surface area contributed by atoms with Crippen LogP contribution >= 0.6 is 0 Å². The third-order valence-electron chi connectivity index (χ3n) is 2.10. The summed E-state index contributed by atoms with van der Waals surface area (Å²) >= 11 is 0. The summed E-state index contributed by atoms with van der Waals surface area (Å²) < 4.78 is 0. The zero-order chi connectivity index (χ0) is 9.72. The van der Waals surface area contributed by atoms with Gasteiger partial charge in [0.05, 0.1) is 6.54 Å². The summed E-state index contributed by atoms with van der Waals surface area (Å²) in [5.41, 5.74) is 0. The number of hydrogen-bond donors (Lipinski definition) is 0. The Morgan fingerprint density at radius 2 is 1.83 bits per heavy atom. The maximum Gasteiger partial charge on any atom is 0.236 e. The molecular formula is C9H20N2O. The lowest BCUT2D eigenvalue weighted by molar-refractivity contribution is -0.135. The first-order valence-corrected chi connectivity index (χ1v) is 4.55. The number of hydrogen-bond acceptors (Lipinski definition) is 2. The van der Waals surface area contributed by atoms with Crippen molar-refractivity contribution in [1.82, 2.24) is 9.80 Å². The summed E-state index contributed by atoms with van der Waals surface area (Å²) in [5, 5.41) is 0. The Morgan fingerprint density at radius 1 is 1.33 bits per heavy atom. The van der Waals surface area contributed by atoms with Gasteiger partial charge in [0, 0.05) is 19.6 Å². The van der Waals surface area contributed by atoms with E-state index in [1.54, 1.807) is 4.90 Å². The molecule has 1 atom stereocenters. The number of likely N-dealkylation sites (N-methyl/N-ethyl adjacent to an activating group) is 2. The summed E-state index contributed by atoms with van der Waals surface area (Å²) in [6, 6.07) is 0.502. The summed E-state index contributed by atoms with van der Waals surface area (Å²) in [6.07, 6.45) is 0. The Kier molecular flexibility index (Phi) is 4.90. The average Bonchev–Trinajstić information content (AvgIpc) is 2.05. The van der Waals surface area contributed by atoms with Crippen LogP contribution in [0, 0.1) is 0 Å². The smallest absolute Gasteiger partial charge is 0.236 e. The minimum atomic E-state index is 0.223. The molecular weight excluding hydrogens is 152 g/mol. The molecule has 72 valence electrons. The molecule has 0 aromatic heterocycles. The van der Waals surface area contributed by atoms with Gasteiger partial charge in [0.25, 0.3) is 0 Å². The van der Waals surface area contributed by atoms with Crippen molar-refractivity contribution >= 4 is 5.91 Å². The molecule has 3 nitrogen and oxygen atoms in total. The van der Waals surface area contributed by atoms with Crippen LogP contribution in [0.1, 0.15) is 20.8 Å². The summed E-state index contributed by atoms with van der Waals surface area (Å²) in [7, 11) is 3.83. The topological polar surface area (TPSA) is 23.6 Å². The second-order valence-electron chi connectivity index (χ2n) is 3.04. The summed E-state index contributed by atoms with van der Waals surface area (Å²) in [4.78, 5) is 14.9. The zero-order valence-electron chi connectivity index (χ0n) is 8.79. The van der Waals surface area contributed by atoms with Gasteiger partial charge in [0.1, 0.15) is 0 Å². The fourth-order valence-electron chi connectivity index (χ4n) is 1.13. The molecule has 1 aliphatic rings. The van der Waals surface area contributed by atoms with Crippen molar-refractivity contribution < 1.29 is 4.79 Å². The van der Waals surface area contributed by atoms with Gasteiger partial charge in [-0.05, 0) is 14.0 Å². The molecule has 0 spiro atoms. The van der Waals surface area contributed by atoms with Crippen LogP contribution in [0.15, 0.2) is 0 Å². The maximum absolute atomic E-state index is 11.0. The molecule has 1 rings (SSSR count). The van der Waals surface area contributed by atoms with Gasteiger partial charge in [0.15, 0.2) is 0 Å². The van der Waals surface area contributed by atoms with Gasteiger partial charge in [-0.3, -0.25) is 9.69 Å². The Hall–Kier alpha value is -0.570. The predicted molar refractivity (Wildman–Crippen MR) is 51.1 cm³/mol. The highest BCUT2D eigenvalue weighted by molar-refractivity contribution is 5.78. The highest BCUT2D eigenvalue weighted by Crippen LogP contribution is 2.04. The highest BCUT2D eigenvalue weighted by atomic mass is 16.2. The van der Waals surface area contributed by atoms with Gasteiger partial charge in [-0.25, -0.2) is 0 Å². The highest BCUT2D eigenvalue weighted by Gasteiger charge is 2.23. The van der Waals surface area contributed by atoms with Crippen molar-refractivity contribution in [2.75, 3.05) is 27.2 Å². The lowest BCUT2D eigenvalue weighted by Crippen LogP contribution is -2.51. The van der Waals surface area contributed by atoms with Crippen LogP contribution in [0.2, 0.25) is 0 Å². The quantitative estimate of drug-likeness (QED) is 0.540. The molecule has 1 saturated heterocycles. The number of nitrogens with zero attached hydrogens (tertiary/aromatic N) is 2. The van der Waals surface area contributed by atoms with Crippen LogP contribution in [0.4, 0.5) is 0 Å². The van der Waals surface area contributed by atoms with Crippen molar-refractivity contribution in [3.63, 3.8) is 0 Å². The molecule has 0 aliphatic carbocycles. The van der Waals surface area contributed by atoms with Crippen molar-refractivity contribution in [3.05, 3.63) is 0 Å². The first-order chi connectivity index (χ1) is 5.61. The first kappa shape index (κ1) is 11.4. The van der Waals surface area contributed by atoms with E-state index in [1.165, 1.54) is 0 Å². The fraction of sp³-hybridized carbons (Fsp3) is 0.889. The predicted octanol–water partition coefficient (Wildman–Crippen LogP) is 0.805. The lowest BCUT2D eigenvalue weighted by atomic mass is 10.2. The molecule has 0 aromatic carbocycles. The molecule has 0 bridgehead atoms. The van der Waals surface area contributed by atoms with Crippen LogP contribution in [0.5, 0.6) is 0 Å². The van der Waals surface area contributed by atoms with E-state index in [0.717, 1.165) is 6.54 Å². The largest absolute Gasteiger partial charge is 0.343 e. The number of amides is 1. The third kappa shape index (κ3) is 2.81. The minimum Gasteiger partial charge on any atom is -0.343 e. The number of carbonyl (C=O) groups is 1. The van der Waals surface area contributed by atoms with Gasteiger partial charge < -0.3 is 4.90 Å². The van der Waals surface area contributed by atoms with Gasteiger partial charge in [-0.15, -0.1) is 0 Å².